The van der Waals surface area contributed by atoms with Crippen molar-refractivity contribution in [1.82, 2.24) is 20.2 Å². The van der Waals surface area contributed by atoms with E-state index in [1.54, 1.807) is 14.2 Å². The lowest BCUT2D eigenvalue weighted by atomic mass is 10.0. The summed E-state index contributed by atoms with van der Waals surface area (Å²) < 4.78 is 10.8. The Morgan fingerprint density at radius 3 is 2.29 bits per heavy atom. The van der Waals surface area contributed by atoms with E-state index in [1.165, 1.54) is 0 Å². The van der Waals surface area contributed by atoms with Crippen LogP contribution in [-0.4, -0.2) is 54.1 Å². The predicted molar refractivity (Wildman–Crippen MR) is 121 cm³/mol. The molecule has 31 heavy (non-hydrogen) atoms. The minimum Gasteiger partial charge on any atom is -0.497 e. The predicted octanol–water partition coefficient (Wildman–Crippen LogP) is 3.17. The van der Waals surface area contributed by atoms with Crippen molar-refractivity contribution in [3.8, 4) is 11.5 Å². The van der Waals surface area contributed by atoms with E-state index in [-0.39, 0.29) is 11.9 Å². The highest BCUT2D eigenvalue weighted by Gasteiger charge is 2.27. The van der Waals surface area contributed by atoms with E-state index in [0.717, 1.165) is 65.9 Å². The first-order chi connectivity index (χ1) is 14.8. The maximum Gasteiger partial charge on any atom is 0.224 e. The Bertz CT molecular complexity index is 884. The number of aromatic nitrogens is 2. The summed E-state index contributed by atoms with van der Waals surface area (Å²) in [7, 11) is 3.34. The van der Waals surface area contributed by atoms with Crippen LogP contribution in [0.25, 0.3) is 0 Å². The number of amides is 1. The van der Waals surface area contributed by atoms with Crippen molar-refractivity contribution in [2.24, 2.45) is 0 Å². The zero-order chi connectivity index (χ0) is 22.5. The number of carbonyl (C=O) groups is 1. The van der Waals surface area contributed by atoms with Crippen LogP contribution in [0.2, 0.25) is 0 Å². The lowest BCUT2D eigenvalue weighted by Gasteiger charge is -2.18. The van der Waals surface area contributed by atoms with Gasteiger partial charge in [0.25, 0.3) is 0 Å². The lowest BCUT2D eigenvalue weighted by Crippen LogP contribution is -2.32. The summed E-state index contributed by atoms with van der Waals surface area (Å²) >= 11 is 0. The highest BCUT2D eigenvalue weighted by atomic mass is 16.5. The monoisotopic (exact) mass is 426 g/mol. The Hall–Kier alpha value is -2.67. The van der Waals surface area contributed by atoms with E-state index < -0.39 is 0 Å². The van der Waals surface area contributed by atoms with Crippen molar-refractivity contribution >= 4 is 5.91 Å². The minimum absolute atomic E-state index is 0.0123. The fourth-order valence-corrected chi connectivity index (χ4v) is 4.14. The highest BCUT2D eigenvalue weighted by Crippen LogP contribution is 2.29. The van der Waals surface area contributed by atoms with Crippen LogP contribution in [0.3, 0.4) is 0 Å². The second-order valence-corrected chi connectivity index (χ2v) is 8.57. The zero-order valence-electron chi connectivity index (χ0n) is 19.5. The molecule has 1 aromatic carbocycles. The Morgan fingerprint density at radius 1 is 1.13 bits per heavy atom. The molecule has 0 bridgehead atoms. The fourth-order valence-electron chi connectivity index (χ4n) is 4.14. The molecule has 0 spiro atoms. The first kappa shape index (κ1) is 23.0. The fraction of sp³-hybridized carbons (Fsp3) is 0.542. The number of hydrogen-bond donors (Lipinski definition) is 1. The molecule has 1 aliphatic heterocycles. The molecule has 2 aromatic rings. The summed E-state index contributed by atoms with van der Waals surface area (Å²) in [6, 6.07) is 6.12. The number of aryl methyl sites for hydroxylation is 2. The third-order valence-electron chi connectivity index (χ3n) is 5.68. The van der Waals surface area contributed by atoms with E-state index in [4.69, 9.17) is 19.4 Å². The molecule has 0 saturated carbocycles. The van der Waals surface area contributed by atoms with Gasteiger partial charge in [-0.3, -0.25) is 9.69 Å². The summed E-state index contributed by atoms with van der Waals surface area (Å²) in [6.45, 7) is 10.6. The number of benzene rings is 1. The summed E-state index contributed by atoms with van der Waals surface area (Å²) in [5.41, 5.74) is 3.90. The summed E-state index contributed by atoms with van der Waals surface area (Å²) in [5, 5.41) is 2.94. The molecule has 1 atom stereocenters. The molecular weight excluding hydrogens is 392 g/mol. The van der Waals surface area contributed by atoms with Gasteiger partial charge < -0.3 is 14.8 Å². The molecule has 1 fully saturated rings. The van der Waals surface area contributed by atoms with Gasteiger partial charge in [0.15, 0.2) is 0 Å². The first-order valence-electron chi connectivity index (χ1n) is 10.9. The molecule has 0 unspecified atom stereocenters. The lowest BCUT2D eigenvalue weighted by molar-refractivity contribution is -0.120. The molecule has 3 rings (SSSR count). The number of methoxy groups -OCH3 is 2. The van der Waals surface area contributed by atoms with E-state index in [0.29, 0.717) is 12.3 Å². The van der Waals surface area contributed by atoms with E-state index in [1.807, 2.05) is 33.8 Å². The van der Waals surface area contributed by atoms with Crippen molar-refractivity contribution in [3.05, 3.63) is 46.5 Å². The highest BCUT2D eigenvalue weighted by molar-refractivity contribution is 5.79. The van der Waals surface area contributed by atoms with Gasteiger partial charge in [0.1, 0.15) is 17.3 Å². The van der Waals surface area contributed by atoms with Crippen LogP contribution in [0.4, 0.5) is 0 Å². The van der Waals surface area contributed by atoms with Crippen LogP contribution in [0, 0.1) is 13.8 Å². The third kappa shape index (κ3) is 5.94. The van der Waals surface area contributed by atoms with Gasteiger partial charge in [-0.1, -0.05) is 0 Å². The number of hydrogen-bond acceptors (Lipinski definition) is 6. The maximum absolute atomic E-state index is 12.2. The van der Waals surface area contributed by atoms with Gasteiger partial charge in [-0.15, -0.1) is 0 Å². The third-order valence-corrected chi connectivity index (χ3v) is 5.68. The Labute approximate surface area is 185 Å². The van der Waals surface area contributed by atoms with Crippen LogP contribution in [0.15, 0.2) is 18.2 Å². The molecule has 1 aliphatic rings. The normalized spacial score (nSPS) is 16.5. The molecule has 0 aliphatic carbocycles. The smallest absolute Gasteiger partial charge is 0.224 e. The van der Waals surface area contributed by atoms with E-state index in [9.17, 15) is 4.79 Å². The van der Waals surface area contributed by atoms with Gasteiger partial charge in [-0.05, 0) is 58.4 Å². The van der Waals surface area contributed by atoms with Gasteiger partial charge in [0.2, 0.25) is 5.91 Å². The van der Waals surface area contributed by atoms with Gasteiger partial charge in [-0.2, -0.15) is 0 Å². The maximum atomic E-state index is 12.2. The van der Waals surface area contributed by atoms with Crippen molar-refractivity contribution in [3.63, 3.8) is 0 Å². The summed E-state index contributed by atoms with van der Waals surface area (Å²) in [4.78, 5) is 24.2. The Balaban J connectivity index is 1.68. The van der Waals surface area contributed by atoms with Crippen LogP contribution >= 0.6 is 0 Å². The Kier molecular flexibility index (Phi) is 7.49. The van der Waals surface area contributed by atoms with Crippen molar-refractivity contribution < 1.29 is 14.3 Å². The van der Waals surface area contributed by atoms with Crippen LogP contribution in [-0.2, 0) is 17.8 Å². The van der Waals surface area contributed by atoms with Crippen LogP contribution < -0.4 is 14.8 Å². The minimum atomic E-state index is 0.0123. The molecule has 2 heterocycles. The van der Waals surface area contributed by atoms with Gasteiger partial charge in [-0.25, -0.2) is 9.97 Å². The second-order valence-electron chi connectivity index (χ2n) is 8.57. The zero-order valence-corrected chi connectivity index (χ0v) is 19.5. The van der Waals surface area contributed by atoms with Crippen molar-refractivity contribution in [2.45, 2.75) is 59.0 Å². The molecule has 1 aromatic heterocycles. The number of nitrogens with one attached hydrogen (secondary N) is 1. The quantitative estimate of drug-likeness (QED) is 0.699. The second kappa shape index (κ2) is 10.1. The van der Waals surface area contributed by atoms with Crippen LogP contribution in [0.1, 0.15) is 54.5 Å². The molecule has 7 nitrogen and oxygen atoms in total. The molecular formula is C24H34N4O3. The number of nitrogens with zero attached hydrogens (tertiary/aromatic N) is 3. The standard InChI is InChI=1S/C24H34N4O3/c1-15(2)25-23(29)12-22-16(3)26-24(27-17(22)4)19-7-8-28(14-19)13-18-9-20(30-5)11-21(10-18)31-6/h9-11,15,19H,7-8,12-14H2,1-6H3,(H,25,29)/t19-/m1/s1. The SMILES string of the molecule is COc1cc(CN2CC[C@@H](c3nc(C)c(CC(=O)NC(C)C)c(C)n3)C2)cc(OC)c1. The van der Waals surface area contributed by atoms with Crippen molar-refractivity contribution in [2.75, 3.05) is 27.3 Å². The summed E-state index contributed by atoms with van der Waals surface area (Å²) in [6.07, 6.45) is 1.34. The number of likely N-dealkylation sites (tertiary alicyclic amines) is 1. The van der Waals surface area contributed by atoms with Gasteiger partial charge in [0.05, 0.1) is 20.6 Å². The average Bonchev–Trinajstić information content (AvgIpc) is 3.18. The number of carbonyl (C=O) groups excluding carboxylic acids is 1. The molecule has 7 heteroatoms. The summed E-state index contributed by atoms with van der Waals surface area (Å²) in [5.74, 6) is 2.80. The number of ether oxygens (including phenoxy) is 2. The van der Waals surface area contributed by atoms with E-state index >= 15 is 0 Å². The first-order valence-corrected chi connectivity index (χ1v) is 10.9. The van der Waals surface area contributed by atoms with Crippen molar-refractivity contribution in [1.29, 1.82) is 0 Å². The molecule has 1 N–H and O–H groups in total. The van der Waals surface area contributed by atoms with Gasteiger partial charge >= 0.3 is 0 Å². The molecule has 1 amide bonds. The largest absolute Gasteiger partial charge is 0.497 e. The van der Waals surface area contributed by atoms with Gasteiger partial charge in [0, 0.05) is 48.1 Å². The number of rotatable bonds is 8. The topological polar surface area (TPSA) is 76.6 Å². The molecule has 1 saturated heterocycles. The molecule has 0 radical (unpaired) electrons. The Morgan fingerprint density at radius 2 is 1.74 bits per heavy atom. The average molecular weight is 427 g/mol. The van der Waals surface area contributed by atoms with Crippen LogP contribution in [0.5, 0.6) is 11.5 Å². The molecule has 168 valence electrons. The van der Waals surface area contributed by atoms with E-state index in [2.05, 4.69) is 22.3 Å².